The summed E-state index contributed by atoms with van der Waals surface area (Å²) in [5.41, 5.74) is 5.81. The molecule has 0 aliphatic rings. The molecule has 0 atom stereocenters. The van der Waals surface area contributed by atoms with Crippen LogP contribution in [0.4, 0.5) is 5.82 Å². The number of ether oxygens (including phenoxy) is 1. The Balaban J connectivity index is 1.90. The van der Waals surface area contributed by atoms with Crippen molar-refractivity contribution in [2.24, 2.45) is 0 Å². The molecule has 0 unspecified atom stereocenters. The first-order valence-electron chi connectivity index (χ1n) is 6.53. The normalized spacial score (nSPS) is 10.9. The molecule has 2 N–H and O–H groups in total. The average molecular weight is 297 g/mol. The molecule has 0 radical (unpaired) electrons. The van der Waals surface area contributed by atoms with Gasteiger partial charge in [0.25, 0.3) is 0 Å². The molecule has 0 bridgehead atoms. The molecule has 0 aliphatic carbocycles. The Hall–Kier alpha value is -2.11. The Morgan fingerprint density at radius 1 is 1.05 bits per heavy atom. The zero-order chi connectivity index (χ0) is 14.7. The molecule has 0 fully saturated rings. The third-order valence-corrected chi connectivity index (χ3v) is 3.89. The van der Waals surface area contributed by atoms with Crippen LogP contribution in [0, 0.1) is 0 Å². The zero-order valence-electron chi connectivity index (χ0n) is 11.6. The van der Waals surface area contributed by atoms with E-state index in [-0.39, 0.29) is 0 Å². The van der Waals surface area contributed by atoms with Crippen LogP contribution in [0.2, 0.25) is 0 Å². The summed E-state index contributed by atoms with van der Waals surface area (Å²) in [6.45, 7) is 0.357. The van der Waals surface area contributed by atoms with Gasteiger partial charge in [-0.15, -0.1) is 0 Å². The van der Waals surface area contributed by atoms with Gasteiger partial charge in [0.05, 0.1) is 0 Å². The Labute approximate surface area is 127 Å². The SMILES string of the molecule is COCc1nc(N)cc(Sc2ccc3ccccc3c2)n1. The van der Waals surface area contributed by atoms with Crippen molar-refractivity contribution in [2.45, 2.75) is 16.5 Å². The molecule has 1 heterocycles. The van der Waals surface area contributed by atoms with Crippen LogP contribution in [0.1, 0.15) is 5.82 Å². The van der Waals surface area contributed by atoms with E-state index in [0.717, 1.165) is 9.92 Å². The molecular formula is C16H15N3OS. The molecule has 21 heavy (non-hydrogen) atoms. The van der Waals surface area contributed by atoms with E-state index in [4.69, 9.17) is 10.5 Å². The van der Waals surface area contributed by atoms with Crippen LogP contribution in [0.25, 0.3) is 10.8 Å². The molecule has 0 saturated carbocycles. The monoisotopic (exact) mass is 297 g/mol. The van der Waals surface area contributed by atoms with E-state index >= 15 is 0 Å². The predicted molar refractivity (Wildman–Crippen MR) is 85.2 cm³/mol. The van der Waals surface area contributed by atoms with Gasteiger partial charge >= 0.3 is 0 Å². The molecule has 3 rings (SSSR count). The van der Waals surface area contributed by atoms with Crippen molar-refractivity contribution in [3.8, 4) is 0 Å². The number of hydrogen-bond acceptors (Lipinski definition) is 5. The van der Waals surface area contributed by atoms with Gasteiger partial charge in [0, 0.05) is 18.1 Å². The van der Waals surface area contributed by atoms with Gasteiger partial charge in [0.1, 0.15) is 17.5 Å². The molecular weight excluding hydrogens is 282 g/mol. The highest BCUT2D eigenvalue weighted by molar-refractivity contribution is 7.99. The number of hydrogen-bond donors (Lipinski definition) is 1. The van der Waals surface area contributed by atoms with Crippen LogP contribution in [-0.2, 0) is 11.3 Å². The lowest BCUT2D eigenvalue weighted by atomic mass is 10.1. The summed E-state index contributed by atoms with van der Waals surface area (Å²) in [4.78, 5) is 9.71. The van der Waals surface area contributed by atoms with E-state index in [1.165, 1.54) is 10.8 Å². The Morgan fingerprint density at radius 2 is 1.86 bits per heavy atom. The van der Waals surface area contributed by atoms with Crippen LogP contribution >= 0.6 is 11.8 Å². The van der Waals surface area contributed by atoms with Gasteiger partial charge < -0.3 is 10.5 Å². The smallest absolute Gasteiger partial charge is 0.157 e. The van der Waals surface area contributed by atoms with Gasteiger partial charge in [0.15, 0.2) is 5.82 Å². The minimum Gasteiger partial charge on any atom is -0.384 e. The summed E-state index contributed by atoms with van der Waals surface area (Å²) in [7, 11) is 1.61. The van der Waals surface area contributed by atoms with Crippen molar-refractivity contribution in [3.63, 3.8) is 0 Å². The number of aromatic nitrogens is 2. The third-order valence-electron chi connectivity index (χ3n) is 2.99. The van der Waals surface area contributed by atoms with Gasteiger partial charge in [0.2, 0.25) is 0 Å². The number of nitrogens with two attached hydrogens (primary N) is 1. The van der Waals surface area contributed by atoms with Crippen LogP contribution in [0.15, 0.2) is 58.5 Å². The first-order valence-corrected chi connectivity index (χ1v) is 7.35. The Morgan fingerprint density at radius 3 is 2.67 bits per heavy atom. The minimum absolute atomic E-state index is 0.357. The lowest BCUT2D eigenvalue weighted by Gasteiger charge is -2.06. The molecule has 5 heteroatoms. The van der Waals surface area contributed by atoms with E-state index in [1.807, 2.05) is 12.1 Å². The van der Waals surface area contributed by atoms with E-state index in [0.29, 0.717) is 18.2 Å². The maximum atomic E-state index is 5.81. The highest BCUT2D eigenvalue weighted by atomic mass is 32.2. The molecule has 0 spiro atoms. The van der Waals surface area contributed by atoms with Gasteiger partial charge in [-0.05, 0) is 22.9 Å². The van der Waals surface area contributed by atoms with Crippen LogP contribution in [-0.4, -0.2) is 17.1 Å². The summed E-state index contributed by atoms with van der Waals surface area (Å²) in [6, 6.07) is 16.4. The number of nitrogens with zero attached hydrogens (tertiary/aromatic N) is 2. The molecule has 1 aromatic heterocycles. The second kappa shape index (κ2) is 6.11. The van der Waals surface area contributed by atoms with Gasteiger partial charge in [-0.1, -0.05) is 42.1 Å². The largest absolute Gasteiger partial charge is 0.384 e. The Bertz CT molecular complexity index is 776. The highest BCUT2D eigenvalue weighted by Crippen LogP contribution is 2.29. The van der Waals surface area contributed by atoms with Crippen molar-refractivity contribution >= 4 is 28.4 Å². The minimum atomic E-state index is 0.357. The molecule has 106 valence electrons. The van der Waals surface area contributed by atoms with Gasteiger partial charge in [-0.25, -0.2) is 9.97 Å². The summed E-state index contributed by atoms with van der Waals surface area (Å²) < 4.78 is 5.06. The fourth-order valence-corrected chi connectivity index (χ4v) is 2.98. The van der Waals surface area contributed by atoms with Crippen molar-refractivity contribution in [2.75, 3.05) is 12.8 Å². The van der Waals surface area contributed by atoms with Crippen molar-refractivity contribution < 1.29 is 4.74 Å². The number of anilines is 1. The van der Waals surface area contributed by atoms with Crippen LogP contribution in [0.5, 0.6) is 0 Å². The number of rotatable bonds is 4. The number of benzene rings is 2. The quantitative estimate of drug-likeness (QED) is 0.747. The van der Waals surface area contributed by atoms with Crippen LogP contribution in [0.3, 0.4) is 0 Å². The number of fused-ring (bicyclic) bond motifs is 1. The lowest BCUT2D eigenvalue weighted by molar-refractivity contribution is 0.177. The molecule has 0 amide bonds. The van der Waals surface area contributed by atoms with E-state index in [9.17, 15) is 0 Å². The second-order valence-corrected chi connectivity index (χ2v) is 5.69. The van der Waals surface area contributed by atoms with Gasteiger partial charge in [-0.2, -0.15) is 0 Å². The highest BCUT2D eigenvalue weighted by Gasteiger charge is 2.05. The zero-order valence-corrected chi connectivity index (χ0v) is 12.4. The van der Waals surface area contributed by atoms with Crippen molar-refractivity contribution in [1.82, 2.24) is 9.97 Å². The predicted octanol–water partition coefficient (Wildman–Crippen LogP) is 3.51. The first kappa shape index (κ1) is 13.9. The van der Waals surface area contributed by atoms with Gasteiger partial charge in [-0.3, -0.25) is 0 Å². The number of nitrogen functional groups attached to an aromatic ring is 1. The average Bonchev–Trinajstić information content (AvgIpc) is 2.47. The van der Waals surface area contributed by atoms with Crippen molar-refractivity contribution in [3.05, 3.63) is 54.4 Å². The lowest BCUT2D eigenvalue weighted by Crippen LogP contribution is -2.01. The molecule has 4 nitrogen and oxygen atoms in total. The molecule has 0 saturated heterocycles. The first-order chi connectivity index (χ1) is 10.2. The summed E-state index contributed by atoms with van der Waals surface area (Å²) in [5, 5.41) is 3.26. The molecule has 3 aromatic rings. The summed E-state index contributed by atoms with van der Waals surface area (Å²) >= 11 is 1.57. The third kappa shape index (κ3) is 3.32. The number of methoxy groups -OCH3 is 1. The second-order valence-electron chi connectivity index (χ2n) is 4.59. The topological polar surface area (TPSA) is 61.0 Å². The summed E-state index contributed by atoms with van der Waals surface area (Å²) in [6.07, 6.45) is 0. The fourth-order valence-electron chi connectivity index (χ4n) is 2.09. The Kier molecular flexibility index (Phi) is 4.03. The van der Waals surface area contributed by atoms with Crippen LogP contribution < -0.4 is 5.73 Å². The standard InChI is InChI=1S/C16H15N3OS/c1-20-10-15-18-14(17)9-16(19-15)21-13-7-6-11-4-2-3-5-12(11)8-13/h2-9H,10H2,1H3,(H2,17,18,19). The van der Waals surface area contributed by atoms with E-state index in [1.54, 1.807) is 24.9 Å². The fraction of sp³-hybridized carbons (Fsp3) is 0.125. The van der Waals surface area contributed by atoms with E-state index < -0.39 is 0 Å². The van der Waals surface area contributed by atoms with Crippen molar-refractivity contribution in [1.29, 1.82) is 0 Å². The van der Waals surface area contributed by atoms with E-state index in [2.05, 4.69) is 40.3 Å². The molecule has 2 aromatic carbocycles. The molecule has 0 aliphatic heterocycles. The summed E-state index contributed by atoms with van der Waals surface area (Å²) in [5.74, 6) is 1.06. The maximum absolute atomic E-state index is 5.81. The maximum Gasteiger partial charge on any atom is 0.157 e.